The summed E-state index contributed by atoms with van der Waals surface area (Å²) >= 11 is 0. The second kappa shape index (κ2) is 10.6. The molecule has 2 rings (SSSR count). The predicted molar refractivity (Wildman–Crippen MR) is 121 cm³/mol. The lowest BCUT2D eigenvalue weighted by atomic mass is 10.0. The standard InChI is InChI=1S/C24H31N3O4/c1-24(2,3)31-23(30)26(4)17-21(28)25-20(16-18-12-8-6-9-13-18)22(29)27(5)19-14-10-7-11-15-19/h6-15,20H,16-17H2,1-5H3,(H,25,28)/t20-/m0/s1. The van der Waals surface area contributed by atoms with Gasteiger partial charge in [0.2, 0.25) is 11.8 Å². The normalized spacial score (nSPS) is 11.9. The third-order valence-electron chi connectivity index (χ3n) is 4.48. The Morgan fingerprint density at radius 1 is 0.935 bits per heavy atom. The van der Waals surface area contributed by atoms with Crippen molar-refractivity contribution in [3.63, 3.8) is 0 Å². The van der Waals surface area contributed by atoms with Crippen molar-refractivity contribution in [1.29, 1.82) is 0 Å². The fourth-order valence-electron chi connectivity index (χ4n) is 2.92. The first-order valence-corrected chi connectivity index (χ1v) is 10.2. The molecule has 0 fully saturated rings. The van der Waals surface area contributed by atoms with Crippen molar-refractivity contribution < 1.29 is 19.1 Å². The Labute approximate surface area is 184 Å². The van der Waals surface area contributed by atoms with Crippen molar-refractivity contribution in [2.24, 2.45) is 0 Å². The largest absolute Gasteiger partial charge is 0.444 e. The number of nitrogens with one attached hydrogen (secondary N) is 1. The molecule has 2 aromatic carbocycles. The first kappa shape index (κ1) is 23.9. The molecular weight excluding hydrogens is 394 g/mol. The highest BCUT2D eigenvalue weighted by Gasteiger charge is 2.27. The van der Waals surface area contributed by atoms with Crippen LogP contribution in [0.2, 0.25) is 0 Å². The van der Waals surface area contributed by atoms with E-state index in [9.17, 15) is 14.4 Å². The second-order valence-corrected chi connectivity index (χ2v) is 8.38. The number of hydrogen-bond donors (Lipinski definition) is 1. The smallest absolute Gasteiger partial charge is 0.410 e. The van der Waals surface area contributed by atoms with Crippen LogP contribution in [-0.4, -0.2) is 55.1 Å². The molecule has 0 aliphatic rings. The minimum Gasteiger partial charge on any atom is -0.444 e. The lowest BCUT2D eigenvalue weighted by molar-refractivity contribution is -0.127. The van der Waals surface area contributed by atoms with Crippen LogP contribution in [0.15, 0.2) is 60.7 Å². The van der Waals surface area contributed by atoms with Crippen LogP contribution in [0.1, 0.15) is 26.3 Å². The molecule has 0 spiro atoms. The number of rotatable bonds is 7. The molecule has 0 aliphatic carbocycles. The molecule has 166 valence electrons. The molecule has 0 saturated heterocycles. The molecule has 2 aromatic rings. The summed E-state index contributed by atoms with van der Waals surface area (Å²) in [5.41, 5.74) is 0.986. The Kier molecular flexibility index (Phi) is 8.19. The van der Waals surface area contributed by atoms with E-state index in [-0.39, 0.29) is 12.5 Å². The molecule has 0 aliphatic heterocycles. The van der Waals surface area contributed by atoms with Crippen LogP contribution in [0, 0.1) is 0 Å². The van der Waals surface area contributed by atoms with Crippen LogP contribution in [0.4, 0.5) is 10.5 Å². The molecule has 0 saturated carbocycles. The van der Waals surface area contributed by atoms with Gasteiger partial charge in [-0.1, -0.05) is 48.5 Å². The van der Waals surface area contributed by atoms with E-state index in [1.165, 1.54) is 16.8 Å². The van der Waals surface area contributed by atoms with E-state index in [0.717, 1.165) is 11.3 Å². The quantitative estimate of drug-likeness (QED) is 0.739. The number of ether oxygens (including phenoxy) is 1. The van der Waals surface area contributed by atoms with E-state index in [1.807, 2.05) is 60.7 Å². The number of benzene rings is 2. The minimum atomic E-state index is -0.785. The van der Waals surface area contributed by atoms with Gasteiger partial charge in [-0.3, -0.25) is 9.59 Å². The van der Waals surface area contributed by atoms with Crippen molar-refractivity contribution >= 4 is 23.6 Å². The average Bonchev–Trinajstić information content (AvgIpc) is 2.72. The van der Waals surface area contributed by atoms with Crippen molar-refractivity contribution in [1.82, 2.24) is 10.2 Å². The average molecular weight is 426 g/mol. The van der Waals surface area contributed by atoms with Crippen LogP contribution < -0.4 is 10.2 Å². The van der Waals surface area contributed by atoms with Crippen LogP contribution in [0.25, 0.3) is 0 Å². The van der Waals surface area contributed by atoms with Gasteiger partial charge in [0.25, 0.3) is 0 Å². The number of nitrogens with zero attached hydrogens (tertiary/aromatic N) is 2. The fourth-order valence-corrected chi connectivity index (χ4v) is 2.92. The lowest BCUT2D eigenvalue weighted by Gasteiger charge is -2.27. The predicted octanol–water partition coefficient (Wildman–Crippen LogP) is 3.24. The van der Waals surface area contributed by atoms with E-state index in [2.05, 4.69) is 5.32 Å². The molecule has 31 heavy (non-hydrogen) atoms. The first-order chi connectivity index (χ1) is 14.6. The molecule has 0 unspecified atom stereocenters. The molecule has 0 aromatic heterocycles. The molecule has 1 N–H and O–H groups in total. The summed E-state index contributed by atoms with van der Waals surface area (Å²) in [6.07, 6.45) is -0.270. The van der Waals surface area contributed by atoms with Gasteiger partial charge in [-0.2, -0.15) is 0 Å². The van der Waals surface area contributed by atoms with E-state index < -0.39 is 23.6 Å². The monoisotopic (exact) mass is 425 g/mol. The summed E-state index contributed by atoms with van der Waals surface area (Å²) in [4.78, 5) is 40.7. The molecular formula is C24H31N3O4. The SMILES string of the molecule is CN(CC(=O)N[C@@H](Cc1ccccc1)C(=O)N(C)c1ccccc1)C(=O)OC(C)(C)C. The van der Waals surface area contributed by atoms with Gasteiger partial charge in [-0.05, 0) is 38.5 Å². The van der Waals surface area contributed by atoms with Gasteiger partial charge in [0, 0.05) is 26.2 Å². The first-order valence-electron chi connectivity index (χ1n) is 10.2. The number of para-hydroxylation sites is 1. The topological polar surface area (TPSA) is 79.0 Å². The van der Waals surface area contributed by atoms with Gasteiger partial charge in [0.15, 0.2) is 0 Å². The summed E-state index contributed by atoms with van der Waals surface area (Å²) in [5.74, 6) is -0.688. The zero-order chi connectivity index (χ0) is 23.0. The summed E-state index contributed by atoms with van der Waals surface area (Å²) in [6, 6.07) is 17.9. The van der Waals surface area contributed by atoms with Crippen molar-refractivity contribution in [2.45, 2.75) is 38.8 Å². The maximum Gasteiger partial charge on any atom is 0.410 e. The molecule has 0 bridgehead atoms. The van der Waals surface area contributed by atoms with Crippen molar-refractivity contribution in [2.75, 3.05) is 25.5 Å². The van der Waals surface area contributed by atoms with Gasteiger partial charge in [0.1, 0.15) is 18.2 Å². The number of likely N-dealkylation sites (N-methyl/N-ethyl adjacent to an activating group) is 2. The third-order valence-corrected chi connectivity index (χ3v) is 4.48. The number of hydrogen-bond acceptors (Lipinski definition) is 4. The molecule has 7 nitrogen and oxygen atoms in total. The zero-order valence-corrected chi connectivity index (χ0v) is 18.8. The number of amides is 3. The molecule has 0 radical (unpaired) electrons. The maximum atomic E-state index is 13.2. The van der Waals surface area contributed by atoms with Gasteiger partial charge >= 0.3 is 6.09 Å². The fraction of sp³-hybridized carbons (Fsp3) is 0.375. The zero-order valence-electron chi connectivity index (χ0n) is 18.8. The minimum absolute atomic E-state index is 0.220. The summed E-state index contributed by atoms with van der Waals surface area (Å²) in [6.45, 7) is 5.05. The van der Waals surface area contributed by atoms with Crippen molar-refractivity contribution in [3.8, 4) is 0 Å². The van der Waals surface area contributed by atoms with E-state index in [4.69, 9.17) is 4.74 Å². The Bertz CT molecular complexity index is 879. The van der Waals surface area contributed by atoms with Crippen LogP contribution in [0.3, 0.4) is 0 Å². The Morgan fingerprint density at radius 2 is 1.48 bits per heavy atom. The van der Waals surface area contributed by atoms with Crippen LogP contribution in [0.5, 0.6) is 0 Å². The highest BCUT2D eigenvalue weighted by molar-refractivity contribution is 5.99. The summed E-state index contributed by atoms with van der Waals surface area (Å²) in [5, 5.41) is 2.78. The molecule has 1 atom stereocenters. The van der Waals surface area contributed by atoms with E-state index >= 15 is 0 Å². The van der Waals surface area contributed by atoms with Crippen molar-refractivity contribution in [3.05, 3.63) is 66.2 Å². The Balaban J connectivity index is 2.12. The van der Waals surface area contributed by atoms with Gasteiger partial charge in [-0.15, -0.1) is 0 Å². The van der Waals surface area contributed by atoms with Gasteiger partial charge < -0.3 is 19.9 Å². The Morgan fingerprint density at radius 3 is 2.03 bits per heavy atom. The maximum absolute atomic E-state index is 13.2. The van der Waals surface area contributed by atoms with Crippen LogP contribution in [-0.2, 0) is 20.7 Å². The number of anilines is 1. The van der Waals surface area contributed by atoms with Gasteiger partial charge in [0.05, 0.1) is 0 Å². The highest BCUT2D eigenvalue weighted by atomic mass is 16.6. The van der Waals surface area contributed by atoms with E-state index in [1.54, 1.807) is 27.8 Å². The van der Waals surface area contributed by atoms with E-state index in [0.29, 0.717) is 6.42 Å². The lowest BCUT2D eigenvalue weighted by Crippen LogP contribution is -2.51. The van der Waals surface area contributed by atoms with Crippen LogP contribution >= 0.6 is 0 Å². The number of carbonyl (C=O) groups excluding carboxylic acids is 3. The Hall–Kier alpha value is -3.35. The second-order valence-electron chi connectivity index (χ2n) is 8.38. The molecule has 3 amide bonds. The van der Waals surface area contributed by atoms with Gasteiger partial charge in [-0.25, -0.2) is 4.79 Å². The summed E-state index contributed by atoms with van der Waals surface area (Å²) < 4.78 is 5.28. The highest BCUT2D eigenvalue weighted by Crippen LogP contribution is 2.14. The molecule has 0 heterocycles. The number of carbonyl (C=O) groups is 3. The summed E-state index contributed by atoms with van der Waals surface area (Å²) in [7, 11) is 3.16. The third kappa shape index (κ3) is 7.77. The molecule has 7 heteroatoms.